The van der Waals surface area contributed by atoms with Gasteiger partial charge in [0.25, 0.3) is 5.91 Å². The van der Waals surface area contributed by atoms with Crippen molar-refractivity contribution < 1.29 is 34.0 Å². The van der Waals surface area contributed by atoms with Crippen molar-refractivity contribution in [3.63, 3.8) is 0 Å². The van der Waals surface area contributed by atoms with Crippen LogP contribution < -0.4 is 5.73 Å². The molecule has 1 aliphatic heterocycles. The van der Waals surface area contributed by atoms with Gasteiger partial charge in [-0.25, -0.2) is 14.5 Å². The number of rotatable bonds is 8. The number of ether oxygens (including phenoxy) is 3. The van der Waals surface area contributed by atoms with Crippen molar-refractivity contribution in [2.75, 3.05) is 13.2 Å². The first-order chi connectivity index (χ1) is 13.5. The van der Waals surface area contributed by atoms with Crippen LogP contribution in [0.25, 0.3) is 0 Å². The molecule has 11 nitrogen and oxygen atoms in total. The van der Waals surface area contributed by atoms with Gasteiger partial charge in [-0.3, -0.25) is 4.79 Å². The molecule has 1 aliphatic rings. The molecule has 1 aromatic carbocycles. The van der Waals surface area contributed by atoms with Crippen LogP contribution in [0.2, 0.25) is 0 Å². The standard InChI is InChI=1S/C17H20N4O7/c18-15(25)16-19-9-21(20-16)17-14(24)13(23)11(28-17)7-27-12(22)8-26-6-10-4-2-1-3-5-10/h1-5,9,11,13-14,17,23-24H,6-8H2,(H2,18,25)/t11?,13?,14?,17-/m1/s1. The van der Waals surface area contributed by atoms with Gasteiger partial charge in [-0.1, -0.05) is 30.3 Å². The molecule has 4 atom stereocenters. The van der Waals surface area contributed by atoms with Gasteiger partial charge in [-0.2, -0.15) is 0 Å². The summed E-state index contributed by atoms with van der Waals surface area (Å²) in [5.74, 6) is -1.73. The average Bonchev–Trinajstić information content (AvgIpc) is 3.27. The van der Waals surface area contributed by atoms with E-state index in [0.29, 0.717) is 0 Å². The van der Waals surface area contributed by atoms with Gasteiger partial charge >= 0.3 is 5.97 Å². The molecule has 0 spiro atoms. The van der Waals surface area contributed by atoms with Gasteiger partial charge in [-0.05, 0) is 5.56 Å². The summed E-state index contributed by atoms with van der Waals surface area (Å²) in [6.45, 7) is -0.303. The van der Waals surface area contributed by atoms with Gasteiger partial charge in [0.05, 0.1) is 6.61 Å². The molecule has 0 radical (unpaired) electrons. The van der Waals surface area contributed by atoms with Crippen LogP contribution in [0.5, 0.6) is 0 Å². The monoisotopic (exact) mass is 392 g/mol. The Morgan fingerprint density at radius 2 is 1.96 bits per heavy atom. The van der Waals surface area contributed by atoms with E-state index in [0.717, 1.165) is 16.6 Å². The quantitative estimate of drug-likeness (QED) is 0.467. The molecule has 1 saturated heterocycles. The number of amides is 1. The Morgan fingerprint density at radius 3 is 2.64 bits per heavy atom. The minimum atomic E-state index is -1.36. The van der Waals surface area contributed by atoms with Crippen LogP contribution >= 0.6 is 0 Å². The number of carbonyl (C=O) groups is 2. The number of primary amides is 1. The number of hydrogen-bond donors (Lipinski definition) is 3. The van der Waals surface area contributed by atoms with Crippen LogP contribution in [-0.2, 0) is 25.6 Å². The van der Waals surface area contributed by atoms with E-state index in [1.807, 2.05) is 30.3 Å². The first-order valence-corrected chi connectivity index (χ1v) is 8.45. The summed E-state index contributed by atoms with van der Waals surface area (Å²) in [6.07, 6.45) is -3.63. The van der Waals surface area contributed by atoms with Crippen LogP contribution in [0.4, 0.5) is 0 Å². The SMILES string of the molecule is NC(=O)c1ncn([C@@H]2OC(COC(=O)COCc3ccccc3)C(O)C2O)n1. The second-order valence-corrected chi connectivity index (χ2v) is 6.12. The Labute approximate surface area is 159 Å². The van der Waals surface area contributed by atoms with Crippen molar-refractivity contribution in [2.24, 2.45) is 5.73 Å². The van der Waals surface area contributed by atoms with Gasteiger partial charge in [-0.15, -0.1) is 5.10 Å². The van der Waals surface area contributed by atoms with Crippen LogP contribution in [0.15, 0.2) is 36.7 Å². The molecule has 0 bridgehead atoms. The Bertz CT molecular complexity index is 813. The molecule has 1 aromatic heterocycles. The predicted octanol–water partition coefficient (Wildman–Crippen LogP) is -1.24. The highest BCUT2D eigenvalue weighted by Gasteiger charge is 2.45. The molecule has 3 rings (SSSR count). The molecule has 2 heterocycles. The second-order valence-electron chi connectivity index (χ2n) is 6.12. The summed E-state index contributed by atoms with van der Waals surface area (Å²) < 4.78 is 16.8. The molecule has 4 N–H and O–H groups in total. The molecule has 28 heavy (non-hydrogen) atoms. The van der Waals surface area contributed by atoms with Gasteiger partial charge in [0.1, 0.15) is 37.9 Å². The highest BCUT2D eigenvalue weighted by atomic mass is 16.6. The molecule has 2 aromatic rings. The highest BCUT2D eigenvalue weighted by Crippen LogP contribution is 2.28. The lowest BCUT2D eigenvalue weighted by Gasteiger charge is -2.14. The van der Waals surface area contributed by atoms with Crippen molar-refractivity contribution in [2.45, 2.75) is 31.1 Å². The number of aromatic nitrogens is 3. The largest absolute Gasteiger partial charge is 0.461 e. The number of esters is 1. The van der Waals surface area contributed by atoms with E-state index in [1.54, 1.807) is 0 Å². The summed E-state index contributed by atoms with van der Waals surface area (Å²) in [5.41, 5.74) is 5.99. The molecule has 11 heteroatoms. The summed E-state index contributed by atoms with van der Waals surface area (Å²) >= 11 is 0. The van der Waals surface area contributed by atoms with Crippen LogP contribution in [0, 0.1) is 0 Å². The number of aliphatic hydroxyl groups is 2. The molecular weight excluding hydrogens is 372 g/mol. The summed E-state index contributed by atoms with van der Waals surface area (Å²) in [4.78, 5) is 26.5. The van der Waals surface area contributed by atoms with Gasteiger partial charge in [0.2, 0.25) is 5.82 Å². The first-order valence-electron chi connectivity index (χ1n) is 8.45. The van der Waals surface area contributed by atoms with Gasteiger partial charge in [0, 0.05) is 0 Å². The Kier molecular flexibility index (Phi) is 6.31. The number of hydrogen-bond acceptors (Lipinski definition) is 9. The van der Waals surface area contributed by atoms with Gasteiger partial charge in [0.15, 0.2) is 6.23 Å². The normalized spacial score (nSPS) is 24.2. The lowest BCUT2D eigenvalue weighted by Crippen LogP contribution is -2.34. The number of nitrogens with two attached hydrogens (primary N) is 1. The first kappa shape index (κ1) is 19.9. The summed E-state index contributed by atoms with van der Waals surface area (Å²) in [6, 6.07) is 9.32. The van der Waals surface area contributed by atoms with Crippen LogP contribution in [0.3, 0.4) is 0 Å². The molecule has 1 amide bonds. The maximum Gasteiger partial charge on any atom is 0.332 e. The van der Waals surface area contributed by atoms with Crippen molar-refractivity contribution in [1.82, 2.24) is 14.8 Å². The van der Waals surface area contributed by atoms with Crippen LogP contribution in [-0.4, -0.2) is 68.4 Å². The highest BCUT2D eigenvalue weighted by molar-refractivity contribution is 5.88. The smallest absolute Gasteiger partial charge is 0.332 e. The van der Waals surface area contributed by atoms with Crippen molar-refractivity contribution in [3.05, 3.63) is 48.0 Å². The summed E-state index contributed by atoms with van der Waals surface area (Å²) in [7, 11) is 0. The molecule has 3 unspecified atom stereocenters. The number of benzene rings is 1. The predicted molar refractivity (Wildman–Crippen MR) is 91.5 cm³/mol. The van der Waals surface area contributed by atoms with Crippen molar-refractivity contribution in [3.8, 4) is 0 Å². The van der Waals surface area contributed by atoms with E-state index in [-0.39, 0.29) is 25.6 Å². The number of aliphatic hydroxyl groups excluding tert-OH is 2. The van der Waals surface area contributed by atoms with E-state index in [1.165, 1.54) is 0 Å². The molecule has 0 aliphatic carbocycles. The fourth-order valence-corrected chi connectivity index (χ4v) is 2.64. The van der Waals surface area contributed by atoms with Crippen molar-refractivity contribution in [1.29, 1.82) is 0 Å². The molecular formula is C17H20N4O7. The second kappa shape index (κ2) is 8.89. The Morgan fingerprint density at radius 1 is 1.21 bits per heavy atom. The zero-order valence-corrected chi connectivity index (χ0v) is 14.7. The third-order valence-electron chi connectivity index (χ3n) is 4.07. The zero-order chi connectivity index (χ0) is 20.1. The van der Waals surface area contributed by atoms with E-state index in [4.69, 9.17) is 19.9 Å². The maximum atomic E-state index is 11.8. The van der Waals surface area contributed by atoms with E-state index in [2.05, 4.69) is 10.1 Å². The zero-order valence-electron chi connectivity index (χ0n) is 14.7. The number of carbonyl (C=O) groups excluding carboxylic acids is 2. The number of nitrogens with zero attached hydrogens (tertiary/aromatic N) is 3. The topological polar surface area (TPSA) is 159 Å². The fraction of sp³-hybridized carbons (Fsp3) is 0.412. The average molecular weight is 392 g/mol. The van der Waals surface area contributed by atoms with Crippen molar-refractivity contribution >= 4 is 11.9 Å². The van der Waals surface area contributed by atoms with E-state index in [9.17, 15) is 19.8 Å². The Balaban J connectivity index is 1.46. The fourth-order valence-electron chi connectivity index (χ4n) is 2.64. The minimum Gasteiger partial charge on any atom is -0.461 e. The Hall–Kier alpha value is -2.86. The molecule has 150 valence electrons. The van der Waals surface area contributed by atoms with Gasteiger partial charge < -0.3 is 30.2 Å². The minimum absolute atomic E-state index is 0.254. The van der Waals surface area contributed by atoms with E-state index < -0.39 is 36.4 Å². The summed E-state index contributed by atoms with van der Waals surface area (Å²) in [5, 5.41) is 24.0. The lowest BCUT2D eigenvalue weighted by atomic mass is 10.1. The lowest BCUT2D eigenvalue weighted by molar-refractivity contribution is -0.155. The molecule has 1 fully saturated rings. The third kappa shape index (κ3) is 4.70. The third-order valence-corrected chi connectivity index (χ3v) is 4.07. The van der Waals surface area contributed by atoms with Crippen LogP contribution in [0.1, 0.15) is 22.4 Å². The molecule has 0 saturated carbocycles. The maximum absolute atomic E-state index is 11.8. The van der Waals surface area contributed by atoms with E-state index >= 15 is 0 Å².